The number of rotatable bonds is 9. The average Bonchev–Trinajstić information content (AvgIpc) is 2.59. The van der Waals surface area contributed by atoms with Crippen LogP contribution in [0.3, 0.4) is 0 Å². The van der Waals surface area contributed by atoms with Crippen molar-refractivity contribution < 1.29 is 13.7 Å². The van der Waals surface area contributed by atoms with E-state index < -0.39 is 10.8 Å². The fraction of sp³-hybridized carbons (Fsp3) is 0.333. The van der Waals surface area contributed by atoms with Crippen molar-refractivity contribution in [2.75, 3.05) is 12.4 Å². The molecule has 1 aromatic carbocycles. The molecule has 0 bridgehead atoms. The fourth-order valence-corrected chi connectivity index (χ4v) is 3.48. The van der Waals surface area contributed by atoms with Crippen molar-refractivity contribution in [3.63, 3.8) is 0 Å². The van der Waals surface area contributed by atoms with Crippen LogP contribution in [0.4, 0.5) is 0 Å². The minimum atomic E-state index is -1.23. The zero-order valence-electron chi connectivity index (χ0n) is 13.9. The number of ether oxygens (including phenoxy) is 1. The van der Waals surface area contributed by atoms with E-state index in [4.69, 9.17) is 4.74 Å². The molecule has 0 aliphatic heterocycles. The lowest BCUT2D eigenvalue weighted by Crippen LogP contribution is -2.12. The number of halogens is 1. The molecule has 7 heteroatoms. The smallest absolute Gasteiger partial charge is 0.223 e. The lowest BCUT2D eigenvalue weighted by Gasteiger charge is -2.06. The molecule has 0 aliphatic carbocycles. The molecule has 2 rings (SSSR count). The van der Waals surface area contributed by atoms with Gasteiger partial charge in [-0.25, -0.2) is 0 Å². The maximum Gasteiger partial charge on any atom is 0.223 e. The number of carbonyl (C=O) groups excluding carboxylic acids is 1. The van der Waals surface area contributed by atoms with Crippen LogP contribution in [-0.2, 0) is 16.6 Å². The number of ketones is 1. The van der Waals surface area contributed by atoms with Gasteiger partial charge in [0.2, 0.25) is 5.43 Å². The minimum absolute atomic E-state index is 0.0438. The maximum absolute atomic E-state index is 12.2. The van der Waals surface area contributed by atoms with E-state index in [0.29, 0.717) is 17.9 Å². The summed E-state index contributed by atoms with van der Waals surface area (Å²) in [4.78, 5) is 26.9. The first-order valence-corrected chi connectivity index (χ1v) is 10.3. The predicted octanol–water partition coefficient (Wildman–Crippen LogP) is 3.45. The fourth-order valence-electron chi connectivity index (χ4n) is 2.14. The number of aromatic nitrogens is 1. The number of benzene rings is 1. The van der Waals surface area contributed by atoms with E-state index in [1.165, 1.54) is 12.3 Å². The van der Waals surface area contributed by atoms with Gasteiger partial charge >= 0.3 is 0 Å². The molecule has 0 amide bonds. The van der Waals surface area contributed by atoms with Crippen molar-refractivity contribution in [2.45, 2.75) is 25.5 Å². The van der Waals surface area contributed by atoms with Crippen LogP contribution in [0.2, 0.25) is 0 Å². The van der Waals surface area contributed by atoms with Crippen LogP contribution in [-0.4, -0.2) is 27.3 Å². The zero-order chi connectivity index (χ0) is 18.2. The molecule has 1 heterocycles. The summed E-state index contributed by atoms with van der Waals surface area (Å²) in [5.41, 5.74) is 0.944. The van der Waals surface area contributed by atoms with E-state index in [9.17, 15) is 13.8 Å². The summed E-state index contributed by atoms with van der Waals surface area (Å²) in [6, 6.07) is 8.48. The normalized spacial score (nSPS) is 11.9. The Bertz CT molecular complexity index is 801. The van der Waals surface area contributed by atoms with Gasteiger partial charge in [-0.2, -0.15) is 0 Å². The highest BCUT2D eigenvalue weighted by atomic mass is 79.9. The van der Waals surface area contributed by atoms with Gasteiger partial charge in [0.15, 0.2) is 11.5 Å². The summed E-state index contributed by atoms with van der Waals surface area (Å²) in [5, 5.41) is 0. The molecule has 1 unspecified atom stereocenters. The van der Waals surface area contributed by atoms with E-state index >= 15 is 0 Å². The standard InChI is InChI=1S/C18H20BrNO4S/c1-2-8-24-18-11-20-15(10-17(18)22)12-25(23)9-7-16(21)13-3-5-14(19)6-4-13/h3-6,10-11H,2,7-9,12H2,1H3,(H,20,22). The number of H-pyrrole nitrogens is 1. The van der Waals surface area contributed by atoms with Crippen molar-refractivity contribution in [1.29, 1.82) is 0 Å². The van der Waals surface area contributed by atoms with Gasteiger partial charge in [0.25, 0.3) is 0 Å². The van der Waals surface area contributed by atoms with Crippen molar-refractivity contribution in [3.8, 4) is 5.75 Å². The van der Waals surface area contributed by atoms with E-state index in [2.05, 4.69) is 20.9 Å². The Morgan fingerprint density at radius 2 is 2.00 bits per heavy atom. The van der Waals surface area contributed by atoms with Crippen molar-refractivity contribution in [1.82, 2.24) is 4.98 Å². The Balaban J connectivity index is 1.87. The lowest BCUT2D eigenvalue weighted by atomic mass is 10.1. The monoisotopic (exact) mass is 425 g/mol. The third-order valence-electron chi connectivity index (χ3n) is 3.44. The molecule has 2 aromatic rings. The molecule has 0 saturated carbocycles. The molecule has 5 nitrogen and oxygen atoms in total. The van der Waals surface area contributed by atoms with Crippen molar-refractivity contribution in [3.05, 3.63) is 62.5 Å². The number of aromatic amines is 1. The third-order valence-corrected chi connectivity index (χ3v) is 5.26. The van der Waals surface area contributed by atoms with Gasteiger partial charge in [-0.1, -0.05) is 35.0 Å². The van der Waals surface area contributed by atoms with Gasteiger partial charge in [-0.3, -0.25) is 13.8 Å². The van der Waals surface area contributed by atoms with Crippen molar-refractivity contribution >= 4 is 32.5 Å². The second-order valence-electron chi connectivity index (χ2n) is 5.50. The zero-order valence-corrected chi connectivity index (χ0v) is 16.3. The summed E-state index contributed by atoms with van der Waals surface area (Å²) < 4.78 is 18.4. The molecule has 0 aliphatic rings. The number of hydrogen-bond donors (Lipinski definition) is 1. The molecule has 0 radical (unpaired) electrons. The molecule has 1 aromatic heterocycles. The van der Waals surface area contributed by atoms with Gasteiger partial charge in [0.1, 0.15) is 0 Å². The first-order valence-electron chi connectivity index (χ1n) is 7.97. The van der Waals surface area contributed by atoms with E-state index in [1.54, 1.807) is 24.3 Å². The van der Waals surface area contributed by atoms with Crippen LogP contribution in [0.1, 0.15) is 35.8 Å². The van der Waals surface area contributed by atoms with Crippen LogP contribution in [0.15, 0.2) is 45.8 Å². The molecular weight excluding hydrogens is 406 g/mol. The van der Waals surface area contributed by atoms with Crippen LogP contribution in [0.25, 0.3) is 0 Å². The highest BCUT2D eigenvalue weighted by Crippen LogP contribution is 2.12. The van der Waals surface area contributed by atoms with Gasteiger partial charge < -0.3 is 9.72 Å². The van der Waals surface area contributed by atoms with Crippen LogP contribution >= 0.6 is 15.9 Å². The maximum atomic E-state index is 12.2. The summed E-state index contributed by atoms with van der Waals surface area (Å²) in [6.07, 6.45) is 2.52. The van der Waals surface area contributed by atoms with Gasteiger partial charge in [-0.05, 0) is 18.6 Å². The highest BCUT2D eigenvalue weighted by Gasteiger charge is 2.10. The Morgan fingerprint density at radius 1 is 1.28 bits per heavy atom. The first-order chi connectivity index (χ1) is 12.0. The summed E-state index contributed by atoms with van der Waals surface area (Å²) in [7, 11) is -1.23. The van der Waals surface area contributed by atoms with E-state index in [0.717, 1.165) is 10.9 Å². The highest BCUT2D eigenvalue weighted by molar-refractivity contribution is 9.10. The van der Waals surface area contributed by atoms with Crippen LogP contribution in [0.5, 0.6) is 5.75 Å². The quantitative estimate of drug-likeness (QED) is 0.624. The number of carbonyl (C=O) groups is 1. The second-order valence-corrected chi connectivity index (χ2v) is 8.00. The van der Waals surface area contributed by atoms with Crippen LogP contribution < -0.4 is 10.2 Å². The Morgan fingerprint density at radius 3 is 2.64 bits per heavy atom. The van der Waals surface area contributed by atoms with Gasteiger partial charge in [0, 0.05) is 51.0 Å². The SMILES string of the molecule is CCCOc1c[nH]c(CS(=O)CCC(=O)c2ccc(Br)cc2)cc1=O. The molecule has 1 N–H and O–H groups in total. The molecule has 0 spiro atoms. The molecule has 0 fully saturated rings. The summed E-state index contributed by atoms with van der Waals surface area (Å²) in [5.74, 6) is 0.682. The molecule has 25 heavy (non-hydrogen) atoms. The summed E-state index contributed by atoms with van der Waals surface area (Å²) in [6.45, 7) is 2.44. The number of hydrogen-bond acceptors (Lipinski definition) is 4. The average molecular weight is 426 g/mol. The Labute approximate surface area is 157 Å². The number of Topliss-reactive ketones (excluding diaryl/α,β-unsaturated/α-hetero) is 1. The van der Waals surface area contributed by atoms with Crippen molar-refractivity contribution in [2.24, 2.45) is 0 Å². The number of pyridine rings is 1. The van der Waals surface area contributed by atoms with Gasteiger partial charge in [-0.15, -0.1) is 0 Å². The largest absolute Gasteiger partial charge is 0.488 e. The second kappa shape index (κ2) is 9.68. The van der Waals surface area contributed by atoms with E-state index in [-0.39, 0.29) is 34.9 Å². The molecule has 0 saturated heterocycles. The van der Waals surface area contributed by atoms with Gasteiger partial charge in [0.05, 0.1) is 12.4 Å². The first kappa shape index (κ1) is 19.6. The number of nitrogens with one attached hydrogen (secondary N) is 1. The Hall–Kier alpha value is -1.73. The van der Waals surface area contributed by atoms with Crippen LogP contribution in [0, 0.1) is 0 Å². The molecule has 134 valence electrons. The third kappa shape index (κ3) is 6.25. The predicted molar refractivity (Wildman–Crippen MR) is 103 cm³/mol. The molecule has 1 atom stereocenters. The minimum Gasteiger partial charge on any atom is -0.488 e. The summed E-state index contributed by atoms with van der Waals surface area (Å²) >= 11 is 3.32. The molecular formula is C18H20BrNO4S. The topological polar surface area (TPSA) is 76.2 Å². The lowest BCUT2D eigenvalue weighted by molar-refractivity contribution is 0.0989. The van der Waals surface area contributed by atoms with E-state index in [1.807, 2.05) is 6.92 Å². The Kier molecular flexibility index (Phi) is 7.58.